The second-order valence-electron chi connectivity index (χ2n) is 5.11. The first-order valence-electron chi connectivity index (χ1n) is 6.55. The van der Waals surface area contributed by atoms with Crippen molar-refractivity contribution in [3.63, 3.8) is 0 Å². The summed E-state index contributed by atoms with van der Waals surface area (Å²) >= 11 is 0. The van der Waals surface area contributed by atoms with Gasteiger partial charge in [-0.1, -0.05) is 18.9 Å². The van der Waals surface area contributed by atoms with E-state index in [-0.39, 0.29) is 0 Å². The van der Waals surface area contributed by atoms with Gasteiger partial charge in [0.05, 0.1) is 0 Å². The zero-order valence-corrected chi connectivity index (χ0v) is 9.85. The minimum Gasteiger partial charge on any atom is -0.295 e. The summed E-state index contributed by atoms with van der Waals surface area (Å²) in [7, 11) is 0. The van der Waals surface area contributed by atoms with Crippen LogP contribution in [0.5, 0.6) is 0 Å². The van der Waals surface area contributed by atoms with Crippen LogP contribution in [0, 0.1) is 5.92 Å². The Balaban J connectivity index is 2.03. The Bertz CT molecular complexity index is 271. The molecule has 2 rings (SSSR count). The largest absolute Gasteiger partial charge is 0.295 e. The summed E-state index contributed by atoms with van der Waals surface area (Å²) in [5.41, 5.74) is 2.76. The highest BCUT2D eigenvalue weighted by Gasteiger charge is 2.26. The number of carbonyl (C=O) groups is 1. The second-order valence-corrected chi connectivity index (χ2v) is 5.11. The highest BCUT2D eigenvalue weighted by Crippen LogP contribution is 2.39. The fourth-order valence-corrected chi connectivity index (χ4v) is 2.53. The number of Topliss-reactive ketones (excluding diaryl/α,β-unsaturated/α-hetero) is 1. The van der Waals surface area contributed by atoms with Crippen molar-refractivity contribution in [3.8, 4) is 0 Å². The van der Waals surface area contributed by atoms with Crippen LogP contribution in [-0.2, 0) is 4.79 Å². The van der Waals surface area contributed by atoms with Gasteiger partial charge in [0.2, 0.25) is 0 Å². The monoisotopic (exact) mass is 206 g/mol. The van der Waals surface area contributed by atoms with Crippen molar-refractivity contribution in [1.82, 2.24) is 0 Å². The Hall–Kier alpha value is -0.590. The normalized spacial score (nSPS) is 24.7. The second kappa shape index (κ2) is 4.96. The number of carbonyl (C=O) groups excluding carboxylic acids is 1. The molecule has 84 valence electrons. The lowest BCUT2D eigenvalue weighted by atomic mass is 9.96. The van der Waals surface area contributed by atoms with Gasteiger partial charge >= 0.3 is 0 Å². The van der Waals surface area contributed by atoms with Crippen molar-refractivity contribution in [2.24, 2.45) is 5.92 Å². The molecule has 0 N–H and O–H groups in total. The lowest BCUT2D eigenvalue weighted by Crippen LogP contribution is -1.99. The minimum atomic E-state index is 0.460. The molecule has 0 saturated heterocycles. The maximum Gasteiger partial charge on any atom is 0.158 e. The van der Waals surface area contributed by atoms with Gasteiger partial charge in [0.15, 0.2) is 5.78 Å². The Labute approximate surface area is 92.9 Å². The molecule has 1 heteroatoms. The lowest BCUT2D eigenvalue weighted by molar-refractivity contribution is -0.114. The van der Waals surface area contributed by atoms with Crippen LogP contribution in [0.1, 0.15) is 64.7 Å². The van der Waals surface area contributed by atoms with E-state index in [0.717, 1.165) is 25.2 Å². The topological polar surface area (TPSA) is 17.1 Å². The molecule has 0 heterocycles. The van der Waals surface area contributed by atoms with E-state index in [4.69, 9.17) is 0 Å². The van der Waals surface area contributed by atoms with Crippen molar-refractivity contribution in [1.29, 1.82) is 0 Å². The SMILES string of the molecule is CCCC/C(CC1CC1)=C1\CCCC1=O. The van der Waals surface area contributed by atoms with Gasteiger partial charge in [-0.2, -0.15) is 0 Å². The summed E-state index contributed by atoms with van der Waals surface area (Å²) in [4.78, 5) is 11.7. The molecule has 0 atom stereocenters. The molecule has 2 fully saturated rings. The fourth-order valence-electron chi connectivity index (χ4n) is 2.53. The molecule has 0 aromatic heterocycles. The number of hydrogen-bond acceptors (Lipinski definition) is 1. The molecular formula is C14H22O. The molecular weight excluding hydrogens is 184 g/mol. The standard InChI is InChI=1S/C14H22O/c1-2-3-5-12(10-11-8-9-11)13-6-4-7-14(13)15/h11H,2-10H2,1H3/b13-12-. The van der Waals surface area contributed by atoms with Crippen LogP contribution >= 0.6 is 0 Å². The van der Waals surface area contributed by atoms with E-state index in [0.29, 0.717) is 5.78 Å². The molecule has 2 aliphatic carbocycles. The molecule has 0 spiro atoms. The van der Waals surface area contributed by atoms with Crippen LogP contribution < -0.4 is 0 Å². The highest BCUT2D eigenvalue weighted by atomic mass is 16.1. The maximum atomic E-state index is 11.7. The summed E-state index contributed by atoms with van der Waals surface area (Å²) in [5.74, 6) is 1.39. The van der Waals surface area contributed by atoms with Crippen LogP contribution in [0.3, 0.4) is 0 Å². The molecule has 0 aromatic carbocycles. The van der Waals surface area contributed by atoms with Gasteiger partial charge in [0.25, 0.3) is 0 Å². The Morgan fingerprint density at radius 2 is 2.13 bits per heavy atom. The van der Waals surface area contributed by atoms with Crippen LogP contribution in [-0.4, -0.2) is 5.78 Å². The molecule has 0 aliphatic heterocycles. The van der Waals surface area contributed by atoms with Crippen LogP contribution in [0.2, 0.25) is 0 Å². The third kappa shape index (κ3) is 2.93. The van der Waals surface area contributed by atoms with Gasteiger partial charge < -0.3 is 0 Å². The Morgan fingerprint density at radius 1 is 1.33 bits per heavy atom. The molecule has 15 heavy (non-hydrogen) atoms. The van der Waals surface area contributed by atoms with Crippen LogP contribution in [0.25, 0.3) is 0 Å². The van der Waals surface area contributed by atoms with Crippen molar-refractivity contribution < 1.29 is 4.79 Å². The van der Waals surface area contributed by atoms with Crippen molar-refractivity contribution >= 4 is 5.78 Å². The van der Waals surface area contributed by atoms with Crippen LogP contribution in [0.4, 0.5) is 0 Å². The van der Waals surface area contributed by atoms with Crippen molar-refractivity contribution in [3.05, 3.63) is 11.1 Å². The Morgan fingerprint density at radius 3 is 2.67 bits per heavy atom. The Kier molecular flexibility index (Phi) is 3.61. The van der Waals surface area contributed by atoms with Gasteiger partial charge in [0, 0.05) is 6.42 Å². The fraction of sp³-hybridized carbons (Fsp3) is 0.786. The molecule has 0 amide bonds. The minimum absolute atomic E-state index is 0.460. The molecule has 0 bridgehead atoms. The molecule has 0 radical (unpaired) electrons. The zero-order valence-electron chi connectivity index (χ0n) is 9.85. The van der Waals surface area contributed by atoms with Crippen LogP contribution in [0.15, 0.2) is 11.1 Å². The van der Waals surface area contributed by atoms with E-state index in [9.17, 15) is 4.79 Å². The van der Waals surface area contributed by atoms with Gasteiger partial charge in [-0.25, -0.2) is 0 Å². The van der Waals surface area contributed by atoms with Gasteiger partial charge in [-0.05, 0) is 56.4 Å². The number of ketones is 1. The van der Waals surface area contributed by atoms with E-state index < -0.39 is 0 Å². The smallest absolute Gasteiger partial charge is 0.158 e. The van der Waals surface area contributed by atoms with E-state index >= 15 is 0 Å². The molecule has 2 aliphatic rings. The number of allylic oxidation sites excluding steroid dienone is 2. The molecule has 0 unspecified atom stereocenters. The van der Waals surface area contributed by atoms with Gasteiger partial charge in [-0.15, -0.1) is 0 Å². The van der Waals surface area contributed by atoms with E-state index in [1.54, 1.807) is 0 Å². The summed E-state index contributed by atoms with van der Waals surface area (Å²) < 4.78 is 0. The quantitative estimate of drug-likeness (QED) is 0.621. The first kappa shape index (κ1) is 10.9. The average molecular weight is 206 g/mol. The van der Waals surface area contributed by atoms with Gasteiger partial charge in [-0.3, -0.25) is 4.79 Å². The molecule has 1 nitrogen and oxygen atoms in total. The summed E-state index contributed by atoms with van der Waals surface area (Å²) in [6.45, 7) is 2.23. The van der Waals surface area contributed by atoms with E-state index in [2.05, 4.69) is 6.92 Å². The number of rotatable bonds is 5. The third-order valence-corrected chi connectivity index (χ3v) is 3.66. The third-order valence-electron chi connectivity index (χ3n) is 3.66. The highest BCUT2D eigenvalue weighted by molar-refractivity contribution is 5.98. The van der Waals surface area contributed by atoms with Crippen molar-refractivity contribution in [2.75, 3.05) is 0 Å². The predicted molar refractivity (Wildman–Crippen MR) is 62.8 cm³/mol. The summed E-state index contributed by atoms with van der Waals surface area (Å²) in [6.07, 6.45) is 10.7. The van der Waals surface area contributed by atoms with Crippen molar-refractivity contribution in [2.45, 2.75) is 64.7 Å². The van der Waals surface area contributed by atoms with E-state index in [1.165, 1.54) is 49.7 Å². The maximum absolute atomic E-state index is 11.7. The number of hydrogen-bond donors (Lipinski definition) is 0. The molecule has 0 aromatic rings. The first-order chi connectivity index (χ1) is 7.31. The predicted octanol–water partition coefficient (Wildman–Crippen LogP) is 4.03. The lowest BCUT2D eigenvalue weighted by Gasteiger charge is -2.09. The summed E-state index contributed by atoms with van der Waals surface area (Å²) in [6, 6.07) is 0. The number of unbranched alkanes of at least 4 members (excludes halogenated alkanes) is 1. The molecule has 2 saturated carbocycles. The first-order valence-corrected chi connectivity index (χ1v) is 6.55. The van der Waals surface area contributed by atoms with E-state index in [1.807, 2.05) is 0 Å². The average Bonchev–Trinajstić information content (AvgIpc) is 2.95. The van der Waals surface area contributed by atoms with Gasteiger partial charge in [0.1, 0.15) is 0 Å². The zero-order chi connectivity index (χ0) is 10.7. The summed E-state index contributed by atoms with van der Waals surface area (Å²) in [5, 5.41) is 0.